The third-order valence-corrected chi connectivity index (χ3v) is 3.40. The number of carbonyl (C=O) groups excluding carboxylic acids is 1. The van der Waals surface area contributed by atoms with Crippen molar-refractivity contribution in [3.05, 3.63) is 0 Å². The molecule has 4 nitrogen and oxygen atoms in total. The zero-order chi connectivity index (χ0) is 10.8. The Morgan fingerprint density at radius 2 is 2.20 bits per heavy atom. The summed E-state index contributed by atoms with van der Waals surface area (Å²) in [6, 6.07) is 0.452. The van der Waals surface area contributed by atoms with Gasteiger partial charge in [-0.25, -0.2) is 0 Å². The molecule has 0 bridgehead atoms. The summed E-state index contributed by atoms with van der Waals surface area (Å²) in [5.41, 5.74) is 0. The lowest BCUT2D eigenvalue weighted by atomic mass is 10.1. The monoisotopic (exact) mass is 212 g/mol. The van der Waals surface area contributed by atoms with Crippen LogP contribution in [0.25, 0.3) is 0 Å². The molecule has 86 valence electrons. The van der Waals surface area contributed by atoms with Gasteiger partial charge in [0.25, 0.3) is 0 Å². The molecule has 15 heavy (non-hydrogen) atoms. The van der Waals surface area contributed by atoms with Crippen molar-refractivity contribution in [1.82, 2.24) is 10.6 Å². The van der Waals surface area contributed by atoms with E-state index in [1.807, 2.05) is 6.92 Å². The van der Waals surface area contributed by atoms with Gasteiger partial charge in [-0.15, -0.1) is 0 Å². The molecule has 0 aromatic heterocycles. The van der Waals surface area contributed by atoms with Gasteiger partial charge in [0.15, 0.2) is 0 Å². The maximum Gasteiger partial charge on any atom is 0.220 e. The molecular weight excluding hydrogens is 192 g/mol. The summed E-state index contributed by atoms with van der Waals surface area (Å²) in [5.74, 6) is 1.89. The molecule has 1 saturated heterocycles. The van der Waals surface area contributed by atoms with E-state index in [0.29, 0.717) is 36.8 Å². The molecule has 1 aliphatic carbocycles. The van der Waals surface area contributed by atoms with Crippen LogP contribution in [0.1, 0.15) is 13.3 Å². The number of nitrogens with one attached hydrogen (secondary N) is 2. The normalized spacial score (nSPS) is 34.7. The Morgan fingerprint density at radius 1 is 1.53 bits per heavy atom. The SMILES string of the molecule is COCC(C)CC(=O)NC1C2CNCC21. The fraction of sp³-hybridized carbons (Fsp3) is 0.909. The first kappa shape index (κ1) is 10.9. The van der Waals surface area contributed by atoms with Crippen LogP contribution in [0.3, 0.4) is 0 Å². The van der Waals surface area contributed by atoms with E-state index in [9.17, 15) is 4.79 Å². The van der Waals surface area contributed by atoms with Crippen molar-refractivity contribution in [1.29, 1.82) is 0 Å². The van der Waals surface area contributed by atoms with Crippen LogP contribution in [0.5, 0.6) is 0 Å². The quantitative estimate of drug-likeness (QED) is 0.674. The maximum absolute atomic E-state index is 11.6. The average molecular weight is 212 g/mol. The van der Waals surface area contributed by atoms with E-state index in [4.69, 9.17) is 4.74 Å². The van der Waals surface area contributed by atoms with Crippen LogP contribution >= 0.6 is 0 Å². The lowest BCUT2D eigenvalue weighted by molar-refractivity contribution is -0.122. The predicted octanol–water partition coefficient (Wildman–Crippen LogP) is -0.00700. The number of rotatable bonds is 5. The highest BCUT2D eigenvalue weighted by atomic mass is 16.5. The van der Waals surface area contributed by atoms with Crippen LogP contribution in [0.15, 0.2) is 0 Å². The summed E-state index contributed by atoms with van der Waals surface area (Å²) in [4.78, 5) is 11.6. The molecule has 0 aromatic carbocycles. The number of carbonyl (C=O) groups is 1. The van der Waals surface area contributed by atoms with Crippen molar-refractivity contribution in [3.63, 3.8) is 0 Å². The van der Waals surface area contributed by atoms with E-state index in [-0.39, 0.29) is 5.91 Å². The molecule has 0 aromatic rings. The Labute approximate surface area is 90.8 Å². The molecule has 0 spiro atoms. The second-order valence-corrected chi connectivity index (χ2v) is 4.84. The number of ether oxygens (including phenoxy) is 1. The van der Waals surface area contributed by atoms with Gasteiger partial charge in [-0.05, 0) is 17.8 Å². The van der Waals surface area contributed by atoms with Crippen LogP contribution in [0.4, 0.5) is 0 Å². The molecule has 1 amide bonds. The highest BCUT2D eigenvalue weighted by Gasteiger charge is 2.53. The van der Waals surface area contributed by atoms with Gasteiger partial charge in [0.1, 0.15) is 0 Å². The smallest absolute Gasteiger partial charge is 0.220 e. The van der Waals surface area contributed by atoms with E-state index in [0.717, 1.165) is 13.1 Å². The zero-order valence-corrected chi connectivity index (χ0v) is 9.45. The van der Waals surface area contributed by atoms with E-state index < -0.39 is 0 Å². The van der Waals surface area contributed by atoms with Crippen LogP contribution in [-0.2, 0) is 9.53 Å². The number of piperidine rings is 1. The number of methoxy groups -OCH3 is 1. The first-order valence-corrected chi connectivity index (χ1v) is 5.71. The minimum Gasteiger partial charge on any atom is -0.384 e. The molecule has 1 aliphatic heterocycles. The van der Waals surface area contributed by atoms with E-state index in [2.05, 4.69) is 10.6 Å². The van der Waals surface area contributed by atoms with Crippen molar-refractivity contribution in [2.75, 3.05) is 26.8 Å². The minimum absolute atomic E-state index is 0.180. The van der Waals surface area contributed by atoms with Gasteiger partial charge in [-0.3, -0.25) is 4.79 Å². The van der Waals surface area contributed by atoms with E-state index in [1.54, 1.807) is 7.11 Å². The average Bonchev–Trinajstić information content (AvgIpc) is 2.61. The lowest BCUT2D eigenvalue weighted by Crippen LogP contribution is -2.33. The van der Waals surface area contributed by atoms with Crippen molar-refractivity contribution in [2.45, 2.75) is 19.4 Å². The molecule has 2 rings (SSSR count). The Morgan fingerprint density at radius 3 is 2.80 bits per heavy atom. The topological polar surface area (TPSA) is 50.4 Å². The van der Waals surface area contributed by atoms with Crippen LogP contribution in [-0.4, -0.2) is 38.8 Å². The molecular formula is C11H20N2O2. The second-order valence-electron chi connectivity index (χ2n) is 4.84. The zero-order valence-electron chi connectivity index (χ0n) is 9.45. The third kappa shape index (κ3) is 2.49. The van der Waals surface area contributed by atoms with Crippen LogP contribution in [0, 0.1) is 17.8 Å². The van der Waals surface area contributed by atoms with Crippen molar-refractivity contribution >= 4 is 5.91 Å². The Hall–Kier alpha value is -0.610. The first-order valence-electron chi connectivity index (χ1n) is 5.71. The van der Waals surface area contributed by atoms with Gasteiger partial charge in [0.05, 0.1) is 0 Å². The number of hydrogen-bond donors (Lipinski definition) is 2. The summed E-state index contributed by atoms with van der Waals surface area (Å²) in [5, 5.41) is 6.43. The summed E-state index contributed by atoms with van der Waals surface area (Å²) in [6.45, 7) is 4.84. The summed E-state index contributed by atoms with van der Waals surface area (Å²) < 4.78 is 5.01. The highest BCUT2D eigenvalue weighted by molar-refractivity contribution is 5.77. The fourth-order valence-electron chi connectivity index (χ4n) is 2.54. The van der Waals surface area contributed by atoms with Gasteiger partial charge in [0, 0.05) is 39.3 Å². The Kier molecular flexibility index (Phi) is 3.26. The molecule has 2 fully saturated rings. The van der Waals surface area contributed by atoms with Gasteiger partial charge >= 0.3 is 0 Å². The maximum atomic E-state index is 11.6. The summed E-state index contributed by atoms with van der Waals surface area (Å²) >= 11 is 0. The Balaban J connectivity index is 1.65. The van der Waals surface area contributed by atoms with Crippen molar-refractivity contribution in [2.24, 2.45) is 17.8 Å². The van der Waals surface area contributed by atoms with Gasteiger partial charge in [0.2, 0.25) is 5.91 Å². The van der Waals surface area contributed by atoms with Crippen molar-refractivity contribution < 1.29 is 9.53 Å². The third-order valence-electron chi connectivity index (χ3n) is 3.40. The number of amides is 1. The van der Waals surface area contributed by atoms with E-state index >= 15 is 0 Å². The largest absolute Gasteiger partial charge is 0.384 e. The first-order chi connectivity index (χ1) is 7.22. The summed E-state index contributed by atoms with van der Waals surface area (Å²) in [7, 11) is 1.67. The number of fused-ring (bicyclic) bond motifs is 1. The predicted molar refractivity (Wildman–Crippen MR) is 57.4 cm³/mol. The molecule has 2 aliphatic rings. The number of hydrogen-bond acceptors (Lipinski definition) is 3. The van der Waals surface area contributed by atoms with Gasteiger partial charge in [-0.1, -0.05) is 6.92 Å². The molecule has 4 heteroatoms. The molecule has 0 radical (unpaired) electrons. The Bertz CT molecular complexity index is 235. The molecule has 1 heterocycles. The van der Waals surface area contributed by atoms with Gasteiger partial charge in [-0.2, -0.15) is 0 Å². The summed E-state index contributed by atoms with van der Waals surface area (Å²) in [6.07, 6.45) is 0.581. The standard InChI is InChI=1S/C11H20N2O2/c1-7(6-15-2)3-10(14)13-11-8-4-12-5-9(8)11/h7-9,11-12H,3-6H2,1-2H3,(H,13,14). The highest BCUT2D eigenvalue weighted by Crippen LogP contribution is 2.41. The van der Waals surface area contributed by atoms with E-state index in [1.165, 1.54) is 0 Å². The molecule has 2 N–H and O–H groups in total. The fourth-order valence-corrected chi connectivity index (χ4v) is 2.54. The van der Waals surface area contributed by atoms with Crippen LogP contribution in [0.2, 0.25) is 0 Å². The molecule has 1 saturated carbocycles. The minimum atomic E-state index is 0.180. The molecule has 3 unspecified atom stereocenters. The molecule has 3 atom stereocenters. The second kappa shape index (κ2) is 4.49. The van der Waals surface area contributed by atoms with Crippen molar-refractivity contribution in [3.8, 4) is 0 Å². The van der Waals surface area contributed by atoms with Crippen LogP contribution < -0.4 is 10.6 Å². The lowest BCUT2D eigenvalue weighted by Gasteiger charge is -2.11. The van der Waals surface area contributed by atoms with Gasteiger partial charge < -0.3 is 15.4 Å².